The van der Waals surface area contributed by atoms with Crippen LogP contribution in [0, 0.1) is 5.41 Å². The number of fused-ring (bicyclic) bond motifs is 3. The van der Waals surface area contributed by atoms with Crippen molar-refractivity contribution >= 4 is 22.3 Å². The average Bonchev–Trinajstić information content (AvgIpc) is 3.11. The van der Waals surface area contributed by atoms with E-state index in [1.807, 2.05) is 12.1 Å². The van der Waals surface area contributed by atoms with Crippen molar-refractivity contribution in [1.29, 1.82) is 0 Å². The van der Waals surface area contributed by atoms with Gasteiger partial charge in [0.15, 0.2) is 0 Å². The second-order valence-electron chi connectivity index (χ2n) is 11.0. The molecule has 0 radical (unpaired) electrons. The second-order valence-corrected chi connectivity index (χ2v) is 11.0. The van der Waals surface area contributed by atoms with E-state index in [0.717, 1.165) is 44.5 Å². The van der Waals surface area contributed by atoms with Gasteiger partial charge in [-0.3, -0.25) is 4.79 Å². The van der Waals surface area contributed by atoms with Crippen LogP contribution in [0.5, 0.6) is 0 Å². The Balaban J connectivity index is 1.15. The van der Waals surface area contributed by atoms with E-state index in [9.17, 15) is 9.90 Å². The summed E-state index contributed by atoms with van der Waals surface area (Å²) >= 11 is 0. The predicted molar refractivity (Wildman–Crippen MR) is 155 cm³/mol. The zero-order chi connectivity index (χ0) is 26.0. The van der Waals surface area contributed by atoms with Gasteiger partial charge in [0.1, 0.15) is 0 Å². The Morgan fingerprint density at radius 2 is 1.39 bits per heavy atom. The molecule has 0 amide bonds. The van der Waals surface area contributed by atoms with Crippen molar-refractivity contribution < 1.29 is 9.90 Å². The lowest BCUT2D eigenvalue weighted by Gasteiger charge is -2.39. The lowest BCUT2D eigenvalue weighted by molar-refractivity contribution is -0.152. The Morgan fingerprint density at radius 3 is 2.05 bits per heavy atom. The number of aliphatic carboxylic acids is 1. The number of rotatable bonds is 6. The van der Waals surface area contributed by atoms with Crippen LogP contribution >= 0.6 is 0 Å². The predicted octanol–water partition coefficient (Wildman–Crippen LogP) is 7.17. The SMILES string of the molecule is O=C(O)C1(Cc2ccc3ccccc3c2)CCN(CCC=C2c3ccccc3CCc3ccccc32)CC1. The highest BCUT2D eigenvalue weighted by atomic mass is 16.4. The summed E-state index contributed by atoms with van der Waals surface area (Å²) in [6.07, 6.45) is 7.50. The monoisotopic (exact) mass is 501 g/mol. The minimum absolute atomic E-state index is 0.596. The molecular weight excluding hydrogens is 466 g/mol. The third-order valence-corrected chi connectivity index (χ3v) is 8.70. The molecule has 4 aromatic carbocycles. The van der Waals surface area contributed by atoms with E-state index in [1.54, 1.807) is 0 Å². The van der Waals surface area contributed by atoms with Crippen molar-refractivity contribution in [1.82, 2.24) is 4.90 Å². The number of hydrogen-bond acceptors (Lipinski definition) is 2. The van der Waals surface area contributed by atoms with Gasteiger partial charge < -0.3 is 10.0 Å². The van der Waals surface area contributed by atoms with E-state index < -0.39 is 11.4 Å². The van der Waals surface area contributed by atoms with E-state index in [0.29, 0.717) is 19.3 Å². The summed E-state index contributed by atoms with van der Waals surface area (Å²) in [6.45, 7) is 2.62. The van der Waals surface area contributed by atoms with Crippen LogP contribution in [0.1, 0.15) is 47.1 Å². The largest absolute Gasteiger partial charge is 0.481 e. The van der Waals surface area contributed by atoms with Crippen LogP contribution in [-0.4, -0.2) is 35.6 Å². The van der Waals surface area contributed by atoms with Crippen molar-refractivity contribution in [3.05, 3.63) is 125 Å². The van der Waals surface area contributed by atoms with E-state index in [1.165, 1.54) is 38.6 Å². The van der Waals surface area contributed by atoms with Crippen LogP contribution in [0.2, 0.25) is 0 Å². The van der Waals surface area contributed by atoms with E-state index >= 15 is 0 Å². The van der Waals surface area contributed by atoms with Crippen molar-refractivity contribution in [2.45, 2.75) is 38.5 Å². The van der Waals surface area contributed by atoms with Gasteiger partial charge in [-0.05, 0) is 95.8 Å². The molecule has 6 rings (SSSR count). The van der Waals surface area contributed by atoms with Gasteiger partial charge >= 0.3 is 5.97 Å². The van der Waals surface area contributed by atoms with Crippen LogP contribution in [0.3, 0.4) is 0 Å². The molecule has 38 heavy (non-hydrogen) atoms. The normalized spacial score (nSPS) is 16.9. The summed E-state index contributed by atoms with van der Waals surface area (Å²) in [5.74, 6) is -0.654. The average molecular weight is 502 g/mol. The van der Waals surface area contributed by atoms with Crippen LogP contribution in [0.4, 0.5) is 0 Å². The van der Waals surface area contributed by atoms with Gasteiger partial charge in [0.05, 0.1) is 5.41 Å². The maximum atomic E-state index is 12.5. The van der Waals surface area contributed by atoms with Gasteiger partial charge in [0.2, 0.25) is 0 Å². The van der Waals surface area contributed by atoms with Crippen LogP contribution in [0.15, 0.2) is 97.1 Å². The van der Waals surface area contributed by atoms with Gasteiger partial charge in [-0.1, -0.05) is 97.1 Å². The fourth-order valence-electron chi connectivity index (χ4n) is 6.44. The summed E-state index contributed by atoms with van der Waals surface area (Å²) in [6, 6.07) is 32.3. The minimum Gasteiger partial charge on any atom is -0.481 e. The number of carbonyl (C=O) groups is 1. The highest BCUT2D eigenvalue weighted by molar-refractivity contribution is 5.84. The molecule has 192 valence electrons. The highest BCUT2D eigenvalue weighted by Gasteiger charge is 2.41. The number of nitrogens with zero attached hydrogens (tertiary/aromatic N) is 1. The number of likely N-dealkylation sites (tertiary alicyclic amines) is 1. The first-order valence-electron chi connectivity index (χ1n) is 13.9. The van der Waals surface area contributed by atoms with E-state index in [2.05, 4.69) is 89.8 Å². The first-order chi connectivity index (χ1) is 18.6. The van der Waals surface area contributed by atoms with Crippen LogP contribution in [0.25, 0.3) is 16.3 Å². The number of carboxylic acid groups (broad SMARTS) is 1. The Labute approximate surface area is 225 Å². The molecule has 4 aromatic rings. The Hall–Kier alpha value is -3.69. The third kappa shape index (κ3) is 4.91. The topological polar surface area (TPSA) is 40.5 Å². The third-order valence-electron chi connectivity index (χ3n) is 8.70. The Bertz CT molecular complexity index is 1440. The van der Waals surface area contributed by atoms with Gasteiger partial charge in [-0.25, -0.2) is 0 Å². The first kappa shape index (κ1) is 24.6. The minimum atomic E-state index is -0.684. The van der Waals surface area contributed by atoms with Gasteiger partial charge in [-0.15, -0.1) is 0 Å². The molecule has 1 aliphatic heterocycles. The molecule has 1 aliphatic carbocycles. The van der Waals surface area contributed by atoms with Crippen molar-refractivity contribution in [2.24, 2.45) is 5.41 Å². The number of hydrogen-bond donors (Lipinski definition) is 1. The molecule has 0 bridgehead atoms. The van der Waals surface area contributed by atoms with E-state index in [4.69, 9.17) is 0 Å². The quantitative estimate of drug-likeness (QED) is 0.304. The van der Waals surface area contributed by atoms with Crippen molar-refractivity contribution in [2.75, 3.05) is 19.6 Å². The summed E-state index contributed by atoms with van der Waals surface area (Å²) in [5.41, 5.74) is 7.35. The van der Waals surface area contributed by atoms with E-state index in [-0.39, 0.29) is 0 Å². The summed E-state index contributed by atoms with van der Waals surface area (Å²) < 4.78 is 0. The molecule has 0 atom stereocenters. The fourth-order valence-corrected chi connectivity index (χ4v) is 6.44. The molecule has 0 aromatic heterocycles. The first-order valence-corrected chi connectivity index (χ1v) is 13.9. The molecule has 3 heteroatoms. The standard InChI is InChI=1S/C35H35NO2/c37-34(38)35(25-26-15-16-27-8-1-2-11-30(27)24-26)19-22-36(23-20-35)21-7-14-33-31-12-5-3-9-28(31)17-18-29-10-4-6-13-32(29)33/h1-6,8-16,24H,7,17-23,25H2,(H,37,38). The number of benzene rings is 4. The summed E-state index contributed by atoms with van der Waals surface area (Å²) in [5, 5.41) is 12.7. The van der Waals surface area contributed by atoms with Gasteiger partial charge in [-0.2, -0.15) is 0 Å². The Kier molecular flexibility index (Phi) is 6.86. The van der Waals surface area contributed by atoms with Crippen molar-refractivity contribution in [3.8, 4) is 0 Å². The molecular formula is C35H35NO2. The Morgan fingerprint density at radius 1 is 0.789 bits per heavy atom. The van der Waals surface area contributed by atoms with Gasteiger partial charge in [0.25, 0.3) is 0 Å². The number of carboxylic acids is 1. The highest BCUT2D eigenvalue weighted by Crippen LogP contribution is 2.37. The lowest BCUT2D eigenvalue weighted by Crippen LogP contribution is -2.45. The number of piperidine rings is 1. The summed E-state index contributed by atoms with van der Waals surface area (Å²) in [4.78, 5) is 15.0. The van der Waals surface area contributed by atoms with Gasteiger partial charge in [0, 0.05) is 6.54 Å². The molecule has 1 N–H and O–H groups in total. The maximum Gasteiger partial charge on any atom is 0.310 e. The molecule has 1 heterocycles. The molecule has 0 unspecified atom stereocenters. The smallest absolute Gasteiger partial charge is 0.310 e. The zero-order valence-electron chi connectivity index (χ0n) is 21.9. The second kappa shape index (κ2) is 10.6. The molecule has 0 saturated carbocycles. The molecule has 1 fully saturated rings. The molecule has 0 spiro atoms. The fraction of sp³-hybridized carbons (Fsp3) is 0.286. The molecule has 2 aliphatic rings. The van der Waals surface area contributed by atoms with Crippen molar-refractivity contribution in [3.63, 3.8) is 0 Å². The lowest BCUT2D eigenvalue weighted by atomic mass is 9.73. The molecule has 1 saturated heterocycles. The molecule has 3 nitrogen and oxygen atoms in total. The summed E-state index contributed by atoms with van der Waals surface area (Å²) in [7, 11) is 0. The van der Waals surface area contributed by atoms with Crippen LogP contribution < -0.4 is 0 Å². The zero-order valence-corrected chi connectivity index (χ0v) is 21.9. The van der Waals surface area contributed by atoms with Crippen LogP contribution in [-0.2, 0) is 24.1 Å². The number of aryl methyl sites for hydroxylation is 2. The maximum absolute atomic E-state index is 12.5.